The fraction of sp³-hybridized carbons (Fsp3) is 0.300. The number of carbonyl (C=O) groups excluding carboxylic acids is 2. The van der Waals surface area contributed by atoms with Crippen LogP contribution >= 0.6 is 0 Å². The van der Waals surface area contributed by atoms with Gasteiger partial charge in [-0.3, -0.25) is 13.9 Å². The molecule has 4 rings (SSSR count). The molecule has 2 amide bonds. The van der Waals surface area contributed by atoms with E-state index in [4.69, 9.17) is 9.47 Å². The Morgan fingerprint density at radius 3 is 2.39 bits per heavy atom. The number of carbonyl (C=O) groups is 2. The molecule has 1 aliphatic heterocycles. The quantitative estimate of drug-likeness (QED) is 0.274. The molecule has 216 valence electrons. The van der Waals surface area contributed by atoms with Crippen molar-refractivity contribution in [2.24, 2.45) is 5.10 Å². The van der Waals surface area contributed by atoms with E-state index in [2.05, 4.69) is 10.5 Å². The lowest BCUT2D eigenvalue weighted by atomic mass is 10.1. The first-order valence-electron chi connectivity index (χ1n) is 13.3. The summed E-state index contributed by atoms with van der Waals surface area (Å²) in [5.74, 6) is 0.196. The van der Waals surface area contributed by atoms with Crippen molar-refractivity contribution in [3.8, 4) is 11.5 Å². The van der Waals surface area contributed by atoms with Crippen LogP contribution in [0.25, 0.3) is 0 Å². The van der Waals surface area contributed by atoms with Crippen molar-refractivity contribution in [1.29, 1.82) is 0 Å². The molecule has 1 heterocycles. The Bertz CT molecular complexity index is 1470. The number of rotatable bonds is 11. The molecule has 1 saturated heterocycles. The number of benzene rings is 3. The molecule has 3 aromatic carbocycles. The number of likely N-dealkylation sites (tertiary alicyclic amines) is 1. The van der Waals surface area contributed by atoms with Crippen LogP contribution in [-0.2, 0) is 19.6 Å². The lowest BCUT2D eigenvalue weighted by Crippen LogP contribution is -2.39. The van der Waals surface area contributed by atoms with Crippen LogP contribution in [0.4, 0.5) is 5.69 Å². The average Bonchev–Trinajstić information content (AvgIpc) is 3.00. The number of amides is 2. The minimum atomic E-state index is -4.10. The van der Waals surface area contributed by atoms with Crippen LogP contribution in [0.5, 0.6) is 11.5 Å². The van der Waals surface area contributed by atoms with Gasteiger partial charge in [-0.05, 0) is 85.8 Å². The van der Waals surface area contributed by atoms with Crippen molar-refractivity contribution in [1.82, 2.24) is 10.3 Å². The number of hydrogen-bond acceptors (Lipinski definition) is 7. The van der Waals surface area contributed by atoms with Crippen LogP contribution in [0.15, 0.2) is 82.8 Å². The van der Waals surface area contributed by atoms with E-state index in [1.807, 2.05) is 11.8 Å². The molecule has 1 fully saturated rings. The predicted molar refractivity (Wildman–Crippen MR) is 157 cm³/mol. The maximum absolute atomic E-state index is 13.6. The number of ether oxygens (including phenoxy) is 2. The molecule has 11 heteroatoms. The first kappa shape index (κ1) is 29.6. The van der Waals surface area contributed by atoms with E-state index >= 15 is 0 Å². The summed E-state index contributed by atoms with van der Waals surface area (Å²) in [5, 5.41) is 3.99. The molecule has 0 unspecified atom stereocenters. The topological polar surface area (TPSA) is 118 Å². The monoisotopic (exact) mass is 578 g/mol. The zero-order valence-electron chi connectivity index (χ0n) is 23.2. The van der Waals surface area contributed by atoms with Gasteiger partial charge in [0, 0.05) is 13.1 Å². The van der Waals surface area contributed by atoms with Gasteiger partial charge in [0.1, 0.15) is 18.0 Å². The van der Waals surface area contributed by atoms with E-state index in [-0.39, 0.29) is 23.1 Å². The molecule has 0 bridgehead atoms. The van der Waals surface area contributed by atoms with E-state index in [0.29, 0.717) is 17.1 Å². The summed E-state index contributed by atoms with van der Waals surface area (Å²) in [4.78, 5) is 27.1. The molecule has 0 spiro atoms. The summed E-state index contributed by atoms with van der Waals surface area (Å²) in [6.07, 6.45) is 4.64. The Morgan fingerprint density at radius 2 is 1.71 bits per heavy atom. The van der Waals surface area contributed by atoms with E-state index in [0.717, 1.165) is 42.2 Å². The van der Waals surface area contributed by atoms with Gasteiger partial charge in [-0.2, -0.15) is 5.10 Å². The summed E-state index contributed by atoms with van der Waals surface area (Å²) in [7, 11) is -2.66. The van der Waals surface area contributed by atoms with E-state index in [1.165, 1.54) is 25.5 Å². The third-order valence-electron chi connectivity index (χ3n) is 6.58. The van der Waals surface area contributed by atoms with Crippen molar-refractivity contribution >= 4 is 33.7 Å². The van der Waals surface area contributed by atoms with Gasteiger partial charge in [0.25, 0.3) is 21.8 Å². The maximum Gasteiger partial charge on any atom is 0.264 e. The predicted octanol–water partition coefficient (Wildman–Crippen LogP) is 3.74. The lowest BCUT2D eigenvalue weighted by Gasteiger charge is -2.26. The van der Waals surface area contributed by atoms with Gasteiger partial charge in [0.05, 0.1) is 23.9 Å². The average molecular weight is 579 g/mol. The number of sulfonamides is 1. The van der Waals surface area contributed by atoms with Crippen molar-refractivity contribution in [3.05, 3.63) is 83.9 Å². The molecule has 0 atom stereocenters. The van der Waals surface area contributed by atoms with Crippen LogP contribution in [0, 0.1) is 6.92 Å². The molecule has 41 heavy (non-hydrogen) atoms. The van der Waals surface area contributed by atoms with Gasteiger partial charge < -0.3 is 14.4 Å². The smallest absolute Gasteiger partial charge is 0.264 e. The molecule has 0 radical (unpaired) electrons. The van der Waals surface area contributed by atoms with E-state index < -0.39 is 22.5 Å². The Kier molecular flexibility index (Phi) is 9.96. The number of piperidine rings is 1. The summed E-state index contributed by atoms with van der Waals surface area (Å²) in [6.45, 7) is 2.84. The number of nitrogens with one attached hydrogen (secondary N) is 1. The van der Waals surface area contributed by atoms with Gasteiger partial charge in [-0.15, -0.1) is 0 Å². The van der Waals surface area contributed by atoms with Crippen molar-refractivity contribution < 1.29 is 27.5 Å². The molecular weight excluding hydrogens is 544 g/mol. The second-order valence-corrected chi connectivity index (χ2v) is 11.5. The summed E-state index contributed by atoms with van der Waals surface area (Å²) < 4.78 is 39.2. The highest BCUT2D eigenvalue weighted by molar-refractivity contribution is 7.92. The van der Waals surface area contributed by atoms with Gasteiger partial charge in [-0.1, -0.05) is 24.3 Å². The SMILES string of the molecule is COc1ccc(C)cc1N(CC(=O)N/N=C\c1ccc(OCC(=O)N2CCCCC2)cc1)S(=O)(=O)c1ccccc1. The van der Waals surface area contributed by atoms with E-state index in [9.17, 15) is 18.0 Å². The number of anilines is 1. The summed E-state index contributed by atoms with van der Waals surface area (Å²) in [5.41, 5.74) is 4.12. The Labute approximate surface area is 240 Å². The Morgan fingerprint density at radius 1 is 1.00 bits per heavy atom. The third kappa shape index (κ3) is 7.85. The normalized spacial score (nSPS) is 13.6. The highest BCUT2D eigenvalue weighted by Gasteiger charge is 2.29. The first-order valence-corrected chi connectivity index (χ1v) is 14.8. The Balaban J connectivity index is 1.40. The van der Waals surface area contributed by atoms with Crippen LogP contribution in [0.2, 0.25) is 0 Å². The minimum absolute atomic E-state index is 0.0163. The zero-order valence-corrected chi connectivity index (χ0v) is 24.0. The number of methoxy groups -OCH3 is 1. The largest absolute Gasteiger partial charge is 0.495 e. The summed E-state index contributed by atoms with van der Waals surface area (Å²) >= 11 is 0. The molecule has 0 aliphatic carbocycles. The number of aryl methyl sites for hydroxylation is 1. The Hall–Kier alpha value is -4.38. The van der Waals surface area contributed by atoms with E-state index in [1.54, 1.807) is 60.7 Å². The van der Waals surface area contributed by atoms with Crippen LogP contribution in [-0.4, -0.2) is 64.7 Å². The second kappa shape index (κ2) is 13.8. The number of nitrogens with zero attached hydrogens (tertiary/aromatic N) is 3. The second-order valence-electron chi connectivity index (χ2n) is 9.59. The third-order valence-corrected chi connectivity index (χ3v) is 8.35. The fourth-order valence-electron chi connectivity index (χ4n) is 4.39. The highest BCUT2D eigenvalue weighted by atomic mass is 32.2. The lowest BCUT2D eigenvalue weighted by molar-refractivity contribution is -0.134. The highest BCUT2D eigenvalue weighted by Crippen LogP contribution is 2.33. The molecule has 1 aliphatic rings. The summed E-state index contributed by atoms with van der Waals surface area (Å²) in [6, 6.07) is 19.9. The number of hydrogen-bond donors (Lipinski definition) is 1. The van der Waals surface area contributed by atoms with Crippen LogP contribution in [0.3, 0.4) is 0 Å². The maximum atomic E-state index is 13.6. The van der Waals surface area contributed by atoms with Crippen molar-refractivity contribution in [3.63, 3.8) is 0 Å². The number of hydrazone groups is 1. The minimum Gasteiger partial charge on any atom is -0.495 e. The molecule has 0 saturated carbocycles. The van der Waals surface area contributed by atoms with Crippen LogP contribution < -0.4 is 19.2 Å². The van der Waals surface area contributed by atoms with Crippen molar-refractivity contribution in [2.45, 2.75) is 31.1 Å². The molecular formula is C30H34N4O6S. The van der Waals surface area contributed by atoms with Gasteiger partial charge in [0.2, 0.25) is 0 Å². The first-order chi connectivity index (χ1) is 19.8. The molecule has 3 aromatic rings. The van der Waals surface area contributed by atoms with Gasteiger partial charge >= 0.3 is 0 Å². The van der Waals surface area contributed by atoms with Crippen LogP contribution in [0.1, 0.15) is 30.4 Å². The molecule has 10 nitrogen and oxygen atoms in total. The van der Waals surface area contributed by atoms with Gasteiger partial charge in [0.15, 0.2) is 6.61 Å². The fourth-order valence-corrected chi connectivity index (χ4v) is 5.83. The zero-order chi connectivity index (χ0) is 29.2. The van der Waals surface area contributed by atoms with Gasteiger partial charge in [-0.25, -0.2) is 13.8 Å². The molecule has 0 aromatic heterocycles. The molecule has 1 N–H and O–H groups in total. The van der Waals surface area contributed by atoms with Crippen molar-refractivity contribution in [2.75, 3.05) is 37.7 Å². The standard InChI is InChI=1S/C30H34N4O6S/c1-23-11-16-28(39-2)27(19-23)34(41(37,38)26-9-5-3-6-10-26)21-29(35)32-31-20-24-12-14-25(15-13-24)40-22-30(36)33-17-7-4-8-18-33/h3,5-6,9-16,19-20H,4,7-8,17-18,21-22H2,1-2H3,(H,32,35)/b31-20-.